The van der Waals surface area contributed by atoms with Gasteiger partial charge in [-0.2, -0.15) is 0 Å². The number of halogens is 1. The molecule has 1 aliphatic heterocycles. The zero-order valence-electron chi connectivity index (χ0n) is 11.4. The topological polar surface area (TPSA) is 38.7 Å². The maximum Gasteiger partial charge on any atom is 0.127 e. The van der Waals surface area contributed by atoms with Crippen molar-refractivity contribution in [2.45, 2.75) is 6.54 Å². The summed E-state index contributed by atoms with van der Waals surface area (Å²) in [6, 6.07) is 4.22. The smallest absolute Gasteiger partial charge is 0.127 e. The third-order valence-corrected chi connectivity index (χ3v) is 3.40. The molecule has 0 atom stereocenters. The molecule has 4 nitrogen and oxygen atoms in total. The lowest BCUT2D eigenvalue weighted by Gasteiger charge is -2.29. The van der Waals surface area contributed by atoms with Crippen LogP contribution in [0.25, 0.3) is 0 Å². The first-order valence-electron chi connectivity index (χ1n) is 6.73. The van der Waals surface area contributed by atoms with Crippen LogP contribution in [0.15, 0.2) is 18.2 Å². The van der Waals surface area contributed by atoms with E-state index in [1.807, 2.05) is 7.05 Å². The van der Waals surface area contributed by atoms with Gasteiger partial charge in [0.25, 0.3) is 0 Å². The fourth-order valence-electron chi connectivity index (χ4n) is 2.36. The lowest BCUT2D eigenvalue weighted by molar-refractivity contribution is 0.202. The predicted molar refractivity (Wildman–Crippen MR) is 73.7 cm³/mol. The normalized spacial score (nSPS) is 17.0. The molecule has 19 heavy (non-hydrogen) atoms. The van der Waals surface area contributed by atoms with Crippen molar-refractivity contribution in [1.82, 2.24) is 15.1 Å². The largest absolute Gasteiger partial charge is 0.508 e. The molecule has 1 aliphatic rings. The van der Waals surface area contributed by atoms with E-state index in [4.69, 9.17) is 0 Å². The molecule has 0 aromatic heterocycles. The number of piperazine rings is 1. The van der Waals surface area contributed by atoms with Crippen molar-refractivity contribution in [3.63, 3.8) is 0 Å². The van der Waals surface area contributed by atoms with Crippen LogP contribution < -0.4 is 5.32 Å². The average molecular weight is 267 g/mol. The molecule has 0 unspecified atom stereocenters. The van der Waals surface area contributed by atoms with Crippen LogP contribution in [0.4, 0.5) is 4.39 Å². The van der Waals surface area contributed by atoms with E-state index in [0.717, 1.165) is 50.9 Å². The first kappa shape index (κ1) is 14.2. The highest BCUT2D eigenvalue weighted by molar-refractivity contribution is 5.28. The Morgan fingerprint density at radius 3 is 2.74 bits per heavy atom. The zero-order valence-corrected chi connectivity index (χ0v) is 11.4. The van der Waals surface area contributed by atoms with Gasteiger partial charge in [0.15, 0.2) is 0 Å². The first-order valence-corrected chi connectivity index (χ1v) is 6.73. The van der Waals surface area contributed by atoms with Crippen molar-refractivity contribution >= 4 is 0 Å². The number of phenols is 1. The Balaban J connectivity index is 1.78. The summed E-state index contributed by atoms with van der Waals surface area (Å²) in [5.41, 5.74) is 0.806. The molecule has 2 N–H and O–H groups in total. The molecular formula is C14H22FN3O. The van der Waals surface area contributed by atoms with Gasteiger partial charge in [0, 0.05) is 51.9 Å². The van der Waals surface area contributed by atoms with Crippen LogP contribution in [0.1, 0.15) is 5.56 Å². The maximum absolute atomic E-state index is 13.2. The molecule has 0 aliphatic carbocycles. The Labute approximate surface area is 113 Å². The van der Waals surface area contributed by atoms with E-state index in [2.05, 4.69) is 15.1 Å². The zero-order chi connectivity index (χ0) is 13.7. The molecule has 0 amide bonds. The quantitative estimate of drug-likeness (QED) is 0.830. The van der Waals surface area contributed by atoms with E-state index < -0.39 is 0 Å². The summed E-state index contributed by atoms with van der Waals surface area (Å²) >= 11 is 0. The van der Waals surface area contributed by atoms with Gasteiger partial charge in [-0.15, -0.1) is 0 Å². The van der Waals surface area contributed by atoms with E-state index in [1.165, 1.54) is 6.07 Å². The van der Waals surface area contributed by atoms with Crippen molar-refractivity contribution in [3.8, 4) is 5.75 Å². The predicted octanol–water partition coefficient (Wildman–Crippen LogP) is 0.868. The molecule has 5 heteroatoms. The number of nitrogens with one attached hydrogen (secondary N) is 1. The number of likely N-dealkylation sites (N-methyl/N-ethyl adjacent to an activating group) is 1. The van der Waals surface area contributed by atoms with Gasteiger partial charge in [-0.3, -0.25) is 4.90 Å². The highest BCUT2D eigenvalue weighted by atomic mass is 19.1. The van der Waals surface area contributed by atoms with Gasteiger partial charge in [-0.25, -0.2) is 4.39 Å². The fraction of sp³-hybridized carbons (Fsp3) is 0.571. The van der Waals surface area contributed by atoms with E-state index in [0.29, 0.717) is 6.54 Å². The summed E-state index contributed by atoms with van der Waals surface area (Å²) in [6.45, 7) is 6.92. The summed E-state index contributed by atoms with van der Waals surface area (Å²) in [7, 11) is 2.02. The average Bonchev–Trinajstić information content (AvgIpc) is 2.36. The van der Waals surface area contributed by atoms with Crippen LogP contribution in [0, 0.1) is 5.82 Å². The molecule has 0 spiro atoms. The number of hydrogen-bond acceptors (Lipinski definition) is 4. The van der Waals surface area contributed by atoms with Gasteiger partial charge in [0.1, 0.15) is 11.6 Å². The molecule has 0 saturated carbocycles. The summed E-state index contributed by atoms with van der Waals surface area (Å²) in [5.74, 6) is -0.393. The van der Waals surface area contributed by atoms with Crippen molar-refractivity contribution in [2.24, 2.45) is 0 Å². The van der Waals surface area contributed by atoms with E-state index in [9.17, 15) is 9.50 Å². The van der Waals surface area contributed by atoms with Crippen LogP contribution >= 0.6 is 0 Å². The second-order valence-electron chi connectivity index (χ2n) is 5.15. The molecule has 1 aromatic carbocycles. The van der Waals surface area contributed by atoms with Gasteiger partial charge >= 0.3 is 0 Å². The fourth-order valence-corrected chi connectivity index (χ4v) is 2.36. The van der Waals surface area contributed by atoms with Gasteiger partial charge < -0.3 is 15.3 Å². The minimum atomic E-state index is -0.384. The van der Waals surface area contributed by atoms with E-state index >= 15 is 0 Å². The molecule has 1 fully saturated rings. The van der Waals surface area contributed by atoms with E-state index in [1.54, 1.807) is 6.07 Å². The molecule has 1 saturated heterocycles. The lowest BCUT2D eigenvalue weighted by Crippen LogP contribution is -2.45. The second-order valence-corrected chi connectivity index (χ2v) is 5.15. The number of hydrogen-bond donors (Lipinski definition) is 2. The molecule has 2 rings (SSSR count). The Kier molecular flexibility index (Phi) is 5.13. The molecule has 1 heterocycles. The number of rotatable bonds is 5. The number of nitrogens with zero attached hydrogens (tertiary/aromatic N) is 2. The van der Waals surface area contributed by atoms with Gasteiger partial charge in [0.05, 0.1) is 0 Å². The number of phenolic OH excluding ortho intramolecular Hbond substituents is 1. The van der Waals surface area contributed by atoms with Crippen LogP contribution in [-0.2, 0) is 6.54 Å². The molecule has 106 valence electrons. The Morgan fingerprint density at radius 2 is 2.05 bits per heavy atom. The van der Waals surface area contributed by atoms with Crippen LogP contribution in [0.5, 0.6) is 5.75 Å². The Morgan fingerprint density at radius 1 is 1.32 bits per heavy atom. The first-order chi connectivity index (χ1) is 9.13. The standard InChI is InChI=1S/C14H22FN3O/c1-17(6-7-18-4-2-16-3-5-18)11-12-8-13(15)10-14(19)9-12/h8-10,16,19H,2-7,11H2,1H3. The minimum absolute atomic E-state index is 0.00879. The van der Waals surface area contributed by atoms with Gasteiger partial charge in [-0.05, 0) is 24.7 Å². The maximum atomic E-state index is 13.2. The monoisotopic (exact) mass is 267 g/mol. The van der Waals surface area contributed by atoms with Crippen LogP contribution in [-0.4, -0.2) is 61.2 Å². The van der Waals surface area contributed by atoms with Crippen LogP contribution in [0.3, 0.4) is 0 Å². The number of benzene rings is 1. The SMILES string of the molecule is CN(CCN1CCNCC1)Cc1cc(O)cc(F)c1. The summed E-state index contributed by atoms with van der Waals surface area (Å²) in [4.78, 5) is 4.58. The highest BCUT2D eigenvalue weighted by Crippen LogP contribution is 2.15. The lowest BCUT2D eigenvalue weighted by atomic mass is 10.2. The van der Waals surface area contributed by atoms with Crippen molar-refractivity contribution in [3.05, 3.63) is 29.6 Å². The van der Waals surface area contributed by atoms with Gasteiger partial charge in [-0.1, -0.05) is 0 Å². The molecule has 0 bridgehead atoms. The summed E-state index contributed by atoms with van der Waals surface area (Å²) in [6.07, 6.45) is 0. The van der Waals surface area contributed by atoms with Gasteiger partial charge in [0.2, 0.25) is 0 Å². The summed E-state index contributed by atoms with van der Waals surface area (Å²) < 4.78 is 13.2. The molecular weight excluding hydrogens is 245 g/mol. The summed E-state index contributed by atoms with van der Waals surface area (Å²) in [5, 5.41) is 12.7. The second kappa shape index (κ2) is 6.84. The van der Waals surface area contributed by atoms with Crippen molar-refractivity contribution in [2.75, 3.05) is 46.3 Å². The number of aromatic hydroxyl groups is 1. The van der Waals surface area contributed by atoms with Crippen molar-refractivity contribution in [1.29, 1.82) is 0 Å². The van der Waals surface area contributed by atoms with Crippen LogP contribution in [0.2, 0.25) is 0 Å². The highest BCUT2D eigenvalue weighted by Gasteiger charge is 2.10. The Hall–Kier alpha value is -1.17. The third kappa shape index (κ3) is 4.78. The molecule has 1 aromatic rings. The Bertz CT molecular complexity index is 387. The molecule has 0 radical (unpaired) electrons. The van der Waals surface area contributed by atoms with Crippen molar-refractivity contribution < 1.29 is 9.50 Å². The van der Waals surface area contributed by atoms with E-state index in [-0.39, 0.29) is 11.6 Å². The third-order valence-electron chi connectivity index (χ3n) is 3.40. The minimum Gasteiger partial charge on any atom is -0.508 e.